The van der Waals surface area contributed by atoms with E-state index in [-0.39, 0.29) is 11.8 Å². The molecule has 0 spiro atoms. The van der Waals surface area contributed by atoms with Gasteiger partial charge in [0.25, 0.3) is 0 Å². The Bertz CT molecular complexity index is 654. The van der Waals surface area contributed by atoms with Gasteiger partial charge in [-0.2, -0.15) is 0 Å². The van der Waals surface area contributed by atoms with Crippen LogP contribution in [-0.4, -0.2) is 30.9 Å². The zero-order valence-corrected chi connectivity index (χ0v) is 14.9. The third-order valence-electron chi connectivity index (χ3n) is 5.81. The predicted molar refractivity (Wildman–Crippen MR) is 98.5 cm³/mol. The van der Waals surface area contributed by atoms with E-state index < -0.39 is 5.41 Å². The molecule has 1 aromatic rings. The topological polar surface area (TPSA) is 61.4 Å². The molecule has 2 aliphatic carbocycles. The molecular formula is C20H27N3O2. The summed E-state index contributed by atoms with van der Waals surface area (Å²) in [4.78, 5) is 27.3. The summed E-state index contributed by atoms with van der Waals surface area (Å²) in [5, 5.41) is 5.91. The maximum atomic E-state index is 12.6. The molecule has 5 heteroatoms. The Hall–Kier alpha value is -2.04. The lowest BCUT2D eigenvalue weighted by molar-refractivity contribution is -0.134. The lowest BCUT2D eigenvalue weighted by Crippen LogP contribution is -2.40. The van der Waals surface area contributed by atoms with Crippen LogP contribution in [0.1, 0.15) is 45.4 Å². The van der Waals surface area contributed by atoms with E-state index in [0.717, 1.165) is 37.5 Å². The van der Waals surface area contributed by atoms with E-state index in [4.69, 9.17) is 0 Å². The summed E-state index contributed by atoms with van der Waals surface area (Å²) < 4.78 is 0. The van der Waals surface area contributed by atoms with Gasteiger partial charge >= 0.3 is 0 Å². The highest BCUT2D eigenvalue weighted by atomic mass is 16.2. The number of nitrogens with one attached hydrogen (secondary N) is 2. The highest BCUT2D eigenvalue weighted by molar-refractivity contribution is 6.13. The predicted octanol–water partition coefficient (Wildman–Crippen LogP) is 2.92. The zero-order valence-electron chi connectivity index (χ0n) is 14.9. The summed E-state index contributed by atoms with van der Waals surface area (Å²) in [7, 11) is 0. The number of carbonyl (C=O) groups excluding carboxylic acids is 2. The fourth-order valence-electron chi connectivity index (χ4n) is 3.51. The Kier molecular flexibility index (Phi) is 4.18. The van der Waals surface area contributed by atoms with E-state index >= 15 is 0 Å². The molecule has 0 unspecified atom stereocenters. The average molecular weight is 341 g/mol. The minimum atomic E-state index is -0.829. The third-order valence-corrected chi connectivity index (χ3v) is 5.81. The lowest BCUT2D eigenvalue weighted by atomic mass is 9.99. The van der Waals surface area contributed by atoms with Crippen LogP contribution in [0.25, 0.3) is 0 Å². The highest BCUT2D eigenvalue weighted by Gasteiger charge is 2.57. The molecule has 1 aromatic carbocycles. The third kappa shape index (κ3) is 3.51. The van der Waals surface area contributed by atoms with Crippen LogP contribution in [0.15, 0.2) is 24.3 Å². The van der Waals surface area contributed by atoms with Crippen LogP contribution in [-0.2, 0) is 9.59 Å². The molecule has 1 aliphatic heterocycles. The van der Waals surface area contributed by atoms with Gasteiger partial charge in [-0.1, -0.05) is 6.92 Å². The van der Waals surface area contributed by atoms with Gasteiger partial charge in [0.05, 0.1) is 0 Å². The number of rotatable bonds is 5. The second kappa shape index (κ2) is 6.36. The molecule has 2 N–H and O–H groups in total. The molecule has 0 atom stereocenters. The van der Waals surface area contributed by atoms with Crippen molar-refractivity contribution in [2.75, 3.05) is 23.3 Å². The number of hydrogen-bond acceptors (Lipinski definition) is 3. The largest absolute Gasteiger partial charge is 0.372 e. The van der Waals surface area contributed by atoms with Crippen LogP contribution in [0, 0.1) is 11.3 Å². The van der Waals surface area contributed by atoms with Gasteiger partial charge in [0.1, 0.15) is 5.41 Å². The number of benzene rings is 1. The maximum absolute atomic E-state index is 12.6. The summed E-state index contributed by atoms with van der Waals surface area (Å²) in [6, 6.07) is 8.31. The Balaban J connectivity index is 1.36. The van der Waals surface area contributed by atoms with Gasteiger partial charge in [0.15, 0.2) is 0 Å². The highest BCUT2D eigenvalue weighted by Crippen LogP contribution is 2.47. The van der Waals surface area contributed by atoms with Crippen molar-refractivity contribution in [2.24, 2.45) is 11.3 Å². The van der Waals surface area contributed by atoms with E-state index in [0.29, 0.717) is 18.9 Å². The minimum absolute atomic E-state index is 0.0912. The van der Waals surface area contributed by atoms with Crippen molar-refractivity contribution in [1.29, 1.82) is 0 Å². The molecule has 2 saturated carbocycles. The standard InChI is InChI=1S/C20H27N3O2/c1-14-8-12-23(13-9-14)17-6-4-16(5-7-17)22-19(25)20(10-11-20)18(24)21-15-2-3-15/h4-7,14-15H,2-3,8-13H2,1H3,(H,21,24)(H,22,25). The molecule has 3 aliphatic rings. The molecule has 25 heavy (non-hydrogen) atoms. The molecule has 0 radical (unpaired) electrons. The molecule has 5 nitrogen and oxygen atoms in total. The molecule has 1 heterocycles. The first-order chi connectivity index (χ1) is 12.1. The summed E-state index contributed by atoms with van der Waals surface area (Å²) in [6.45, 7) is 4.50. The SMILES string of the molecule is CC1CCN(c2ccc(NC(=O)C3(C(=O)NC4CC4)CC3)cc2)CC1. The van der Waals surface area contributed by atoms with E-state index in [1.807, 2.05) is 12.1 Å². The number of piperidine rings is 1. The number of carbonyl (C=O) groups is 2. The molecule has 4 rings (SSSR count). The van der Waals surface area contributed by atoms with Gasteiger partial charge in [-0.25, -0.2) is 0 Å². The number of nitrogens with zero attached hydrogens (tertiary/aromatic N) is 1. The van der Waals surface area contributed by atoms with Gasteiger partial charge in [-0.05, 0) is 68.7 Å². The number of anilines is 2. The van der Waals surface area contributed by atoms with E-state index in [9.17, 15) is 9.59 Å². The van der Waals surface area contributed by atoms with Crippen LogP contribution in [0.2, 0.25) is 0 Å². The Morgan fingerprint density at radius 1 is 1.00 bits per heavy atom. The molecule has 2 amide bonds. The van der Waals surface area contributed by atoms with E-state index in [2.05, 4.69) is 34.6 Å². The Morgan fingerprint density at radius 2 is 1.64 bits per heavy atom. The summed E-state index contributed by atoms with van der Waals surface area (Å²) in [5.74, 6) is 0.558. The van der Waals surface area contributed by atoms with Gasteiger partial charge < -0.3 is 15.5 Å². The summed E-state index contributed by atoms with van der Waals surface area (Å²) >= 11 is 0. The monoisotopic (exact) mass is 341 g/mol. The first kappa shape index (κ1) is 16.4. The van der Waals surface area contributed by atoms with Crippen molar-refractivity contribution in [2.45, 2.75) is 51.5 Å². The van der Waals surface area contributed by atoms with Crippen molar-refractivity contribution in [3.05, 3.63) is 24.3 Å². The molecule has 1 saturated heterocycles. The normalized spacial score (nSPS) is 22.4. The summed E-state index contributed by atoms with van der Waals surface area (Å²) in [6.07, 6.45) is 5.86. The van der Waals surface area contributed by atoms with Crippen LogP contribution < -0.4 is 15.5 Å². The smallest absolute Gasteiger partial charge is 0.240 e. The van der Waals surface area contributed by atoms with Gasteiger partial charge in [-0.3, -0.25) is 9.59 Å². The van der Waals surface area contributed by atoms with Gasteiger partial charge in [0, 0.05) is 30.5 Å². The second-order valence-electron chi connectivity index (χ2n) is 8.00. The van der Waals surface area contributed by atoms with Gasteiger partial charge in [-0.15, -0.1) is 0 Å². The minimum Gasteiger partial charge on any atom is -0.372 e. The van der Waals surface area contributed by atoms with Crippen LogP contribution in [0.5, 0.6) is 0 Å². The van der Waals surface area contributed by atoms with Crippen molar-refractivity contribution in [1.82, 2.24) is 5.32 Å². The first-order valence-electron chi connectivity index (χ1n) is 9.54. The van der Waals surface area contributed by atoms with Crippen LogP contribution >= 0.6 is 0 Å². The molecule has 0 aromatic heterocycles. The fourth-order valence-corrected chi connectivity index (χ4v) is 3.51. The lowest BCUT2D eigenvalue weighted by Gasteiger charge is -2.32. The van der Waals surface area contributed by atoms with E-state index in [1.54, 1.807) is 0 Å². The Labute approximate surface area is 149 Å². The first-order valence-corrected chi connectivity index (χ1v) is 9.54. The molecule has 0 bridgehead atoms. The number of hydrogen-bond donors (Lipinski definition) is 2. The maximum Gasteiger partial charge on any atom is 0.240 e. The van der Waals surface area contributed by atoms with Crippen molar-refractivity contribution < 1.29 is 9.59 Å². The molecular weight excluding hydrogens is 314 g/mol. The fraction of sp³-hybridized carbons (Fsp3) is 0.600. The average Bonchev–Trinajstić information content (AvgIpc) is 3.51. The second-order valence-corrected chi connectivity index (χ2v) is 8.00. The molecule has 3 fully saturated rings. The van der Waals surface area contributed by atoms with E-state index in [1.165, 1.54) is 18.5 Å². The van der Waals surface area contributed by atoms with Crippen LogP contribution in [0.4, 0.5) is 11.4 Å². The van der Waals surface area contributed by atoms with Crippen molar-refractivity contribution in [3.8, 4) is 0 Å². The summed E-state index contributed by atoms with van der Waals surface area (Å²) in [5.41, 5.74) is 1.15. The zero-order chi connectivity index (χ0) is 17.4. The Morgan fingerprint density at radius 3 is 2.20 bits per heavy atom. The van der Waals surface area contributed by atoms with Crippen molar-refractivity contribution in [3.63, 3.8) is 0 Å². The molecule has 134 valence electrons. The van der Waals surface area contributed by atoms with Crippen molar-refractivity contribution >= 4 is 23.2 Å². The van der Waals surface area contributed by atoms with Gasteiger partial charge in [0.2, 0.25) is 11.8 Å². The quantitative estimate of drug-likeness (QED) is 0.810. The van der Waals surface area contributed by atoms with Crippen LogP contribution in [0.3, 0.4) is 0 Å². The number of amides is 2.